The molecule has 11 heteroatoms. The second-order valence-corrected chi connectivity index (χ2v) is 14.2. The number of unbranched alkanes of at least 4 members (excludes halogenated alkanes) is 6. The van der Waals surface area contributed by atoms with E-state index in [-0.39, 0.29) is 12.4 Å². The molecule has 0 spiro atoms. The number of hydrogen-bond acceptors (Lipinski definition) is 9. The van der Waals surface area contributed by atoms with Gasteiger partial charge in [0.25, 0.3) is 5.91 Å². The lowest BCUT2D eigenvalue weighted by Crippen LogP contribution is -2.40. The van der Waals surface area contributed by atoms with E-state index in [9.17, 15) is 14.7 Å². The first kappa shape index (κ1) is 41.3. The second-order valence-electron chi connectivity index (χ2n) is 14.2. The summed E-state index contributed by atoms with van der Waals surface area (Å²) >= 11 is 0. The Balaban J connectivity index is 1.29. The van der Waals surface area contributed by atoms with Gasteiger partial charge in [0.15, 0.2) is 6.23 Å². The Morgan fingerprint density at radius 3 is 1.91 bits per heavy atom. The monoisotopic (exact) mass is 775 g/mol. The lowest BCUT2D eigenvalue weighted by molar-refractivity contribution is -0.0982. The van der Waals surface area contributed by atoms with Crippen LogP contribution in [0.25, 0.3) is 0 Å². The van der Waals surface area contributed by atoms with Crippen molar-refractivity contribution in [2.45, 2.75) is 82.0 Å². The summed E-state index contributed by atoms with van der Waals surface area (Å²) in [5, 5.41) is 14.6. The molecular formula is C46H53N3O8. The van der Waals surface area contributed by atoms with Crippen LogP contribution in [0, 0.1) is 0 Å². The molecule has 0 unspecified atom stereocenters. The maximum absolute atomic E-state index is 13.6. The first-order chi connectivity index (χ1) is 27.9. The number of amides is 1. The van der Waals surface area contributed by atoms with E-state index in [0.717, 1.165) is 36.0 Å². The highest BCUT2D eigenvalue weighted by Crippen LogP contribution is 2.43. The van der Waals surface area contributed by atoms with Gasteiger partial charge in [-0.2, -0.15) is 4.98 Å². The van der Waals surface area contributed by atoms with E-state index in [2.05, 4.69) is 17.2 Å². The van der Waals surface area contributed by atoms with Crippen molar-refractivity contribution in [3.63, 3.8) is 0 Å². The molecule has 57 heavy (non-hydrogen) atoms. The largest absolute Gasteiger partial charge is 0.497 e. The van der Waals surface area contributed by atoms with E-state index in [1.807, 2.05) is 84.9 Å². The average Bonchev–Trinajstić information content (AvgIpc) is 3.56. The molecular weight excluding hydrogens is 723 g/mol. The van der Waals surface area contributed by atoms with Gasteiger partial charge in [-0.1, -0.05) is 118 Å². The third kappa shape index (κ3) is 9.98. The van der Waals surface area contributed by atoms with E-state index in [1.54, 1.807) is 38.5 Å². The third-order valence-corrected chi connectivity index (χ3v) is 10.4. The van der Waals surface area contributed by atoms with Gasteiger partial charge in [0, 0.05) is 18.4 Å². The highest BCUT2D eigenvalue weighted by Gasteiger charge is 2.48. The van der Waals surface area contributed by atoms with Crippen molar-refractivity contribution in [2.24, 2.45) is 0 Å². The summed E-state index contributed by atoms with van der Waals surface area (Å²) < 4.78 is 32.3. The molecule has 11 nitrogen and oxygen atoms in total. The predicted molar refractivity (Wildman–Crippen MR) is 219 cm³/mol. The summed E-state index contributed by atoms with van der Waals surface area (Å²) in [4.78, 5) is 30.6. The predicted octanol–water partition coefficient (Wildman–Crippen LogP) is 7.92. The molecule has 5 aromatic rings. The standard InChI is InChI=1S/C46H53N3O8/c1-4-5-6-7-8-9-16-31-55-42-41(50)39(57-44(42)49-30-29-40(48-45(49)52)47-43(51)33-17-12-10-13-18-33)32-56-46(34-19-14-11-15-20-34,35-21-25-37(53-2)26-22-35)36-23-27-38(54-3)28-24-36/h10-15,17-30,39,41-42,44,50H,4-9,16,31-32H2,1-3H3,(H,47,48,51,52)/t39-,41-,42-,44-/m1/s1. The number of methoxy groups -OCH3 is 2. The van der Waals surface area contributed by atoms with Crippen LogP contribution in [-0.4, -0.2) is 66.3 Å². The Hall–Kier alpha value is -5.33. The van der Waals surface area contributed by atoms with Crippen LogP contribution >= 0.6 is 0 Å². The van der Waals surface area contributed by atoms with Crippen LogP contribution in [0.5, 0.6) is 11.5 Å². The molecule has 6 rings (SSSR count). The summed E-state index contributed by atoms with van der Waals surface area (Å²) in [5.41, 5.74) is 1.10. The van der Waals surface area contributed by atoms with E-state index >= 15 is 0 Å². The molecule has 1 aromatic heterocycles. The van der Waals surface area contributed by atoms with Crippen LogP contribution < -0.4 is 20.5 Å². The summed E-state index contributed by atoms with van der Waals surface area (Å²) in [6.45, 7) is 2.50. The highest BCUT2D eigenvalue weighted by molar-refractivity contribution is 6.03. The minimum atomic E-state index is -1.16. The summed E-state index contributed by atoms with van der Waals surface area (Å²) in [5.74, 6) is 1.09. The van der Waals surface area contributed by atoms with Gasteiger partial charge >= 0.3 is 5.69 Å². The number of nitrogens with zero attached hydrogens (tertiary/aromatic N) is 2. The Kier molecular flexibility index (Phi) is 14.6. The van der Waals surface area contributed by atoms with Crippen molar-refractivity contribution < 1.29 is 33.6 Å². The van der Waals surface area contributed by atoms with Gasteiger partial charge < -0.3 is 34.1 Å². The molecule has 1 amide bonds. The van der Waals surface area contributed by atoms with Crippen LogP contribution in [0.4, 0.5) is 5.82 Å². The number of ether oxygens (including phenoxy) is 5. The minimum absolute atomic E-state index is 0.0741. The van der Waals surface area contributed by atoms with E-state index in [0.29, 0.717) is 23.7 Å². The van der Waals surface area contributed by atoms with E-state index < -0.39 is 41.7 Å². The van der Waals surface area contributed by atoms with Crippen LogP contribution in [0.15, 0.2) is 126 Å². The SMILES string of the molecule is CCCCCCCCCO[C@@H]1[C@H](O)[C@@H](COC(c2ccccc2)(c2ccc(OC)cc2)c2ccc(OC)cc2)O[C@H]1n1ccc(NC(=O)c2ccccc2)nc1=O. The lowest BCUT2D eigenvalue weighted by atomic mass is 9.80. The Labute approximate surface area is 334 Å². The van der Waals surface area contributed by atoms with E-state index in [1.165, 1.54) is 42.5 Å². The summed E-state index contributed by atoms with van der Waals surface area (Å²) in [6.07, 6.45) is 5.20. The number of aromatic nitrogens is 2. The molecule has 2 N–H and O–H groups in total. The number of carbonyl (C=O) groups excluding carboxylic acids is 1. The summed E-state index contributed by atoms with van der Waals surface area (Å²) in [7, 11) is 3.24. The smallest absolute Gasteiger partial charge is 0.351 e. The maximum atomic E-state index is 13.6. The molecule has 1 saturated heterocycles. The topological polar surface area (TPSA) is 130 Å². The normalized spacial score (nSPS) is 18.0. The van der Waals surface area contributed by atoms with Crippen molar-refractivity contribution in [1.82, 2.24) is 9.55 Å². The van der Waals surface area contributed by atoms with Crippen molar-refractivity contribution in [1.29, 1.82) is 0 Å². The molecule has 4 aromatic carbocycles. The van der Waals surface area contributed by atoms with Gasteiger partial charge in [0.05, 0.1) is 20.8 Å². The maximum Gasteiger partial charge on any atom is 0.351 e. The van der Waals surface area contributed by atoms with Crippen molar-refractivity contribution >= 4 is 11.7 Å². The average molecular weight is 776 g/mol. The van der Waals surface area contributed by atoms with Gasteiger partial charge in [-0.25, -0.2) is 4.79 Å². The Morgan fingerprint density at radius 1 is 0.772 bits per heavy atom. The van der Waals surface area contributed by atoms with Crippen LogP contribution in [0.3, 0.4) is 0 Å². The summed E-state index contributed by atoms with van der Waals surface area (Å²) in [6, 6.07) is 35.5. The van der Waals surface area contributed by atoms with Crippen LogP contribution in [-0.2, 0) is 19.8 Å². The number of anilines is 1. The second kappa shape index (κ2) is 20.2. The zero-order chi connectivity index (χ0) is 40.0. The first-order valence-electron chi connectivity index (χ1n) is 19.8. The molecule has 0 aliphatic carbocycles. The minimum Gasteiger partial charge on any atom is -0.497 e. The fraction of sp³-hybridized carbons (Fsp3) is 0.370. The zero-order valence-electron chi connectivity index (χ0n) is 32.9. The molecule has 1 aliphatic heterocycles. The number of aliphatic hydroxyl groups is 1. The number of rotatable bonds is 20. The van der Waals surface area contributed by atoms with Gasteiger partial charge in [0.2, 0.25) is 0 Å². The number of aliphatic hydroxyl groups excluding tert-OH is 1. The van der Waals surface area contributed by atoms with Crippen LogP contribution in [0.2, 0.25) is 0 Å². The van der Waals surface area contributed by atoms with Crippen LogP contribution in [0.1, 0.15) is 85.1 Å². The van der Waals surface area contributed by atoms with E-state index in [4.69, 9.17) is 23.7 Å². The number of carbonyl (C=O) groups is 1. The Bertz CT molecular complexity index is 1990. The molecule has 1 aliphatic rings. The number of hydrogen-bond donors (Lipinski definition) is 2. The molecule has 0 saturated carbocycles. The van der Waals surface area contributed by atoms with Gasteiger partial charge in [0.1, 0.15) is 41.2 Å². The van der Waals surface area contributed by atoms with Gasteiger partial charge in [-0.05, 0) is 65.6 Å². The molecule has 2 heterocycles. The third-order valence-electron chi connectivity index (χ3n) is 10.4. The van der Waals surface area contributed by atoms with Gasteiger partial charge in [-0.15, -0.1) is 0 Å². The molecule has 300 valence electrons. The molecule has 1 fully saturated rings. The molecule has 0 radical (unpaired) electrons. The van der Waals surface area contributed by atoms with Crippen molar-refractivity contribution in [3.8, 4) is 11.5 Å². The number of benzene rings is 4. The zero-order valence-corrected chi connectivity index (χ0v) is 32.9. The fourth-order valence-electron chi connectivity index (χ4n) is 7.27. The van der Waals surface area contributed by atoms with Gasteiger partial charge in [-0.3, -0.25) is 9.36 Å². The van der Waals surface area contributed by atoms with Crippen molar-refractivity contribution in [2.75, 3.05) is 32.8 Å². The quantitative estimate of drug-likeness (QED) is 0.0599. The lowest BCUT2D eigenvalue weighted by Gasteiger charge is -2.37. The highest BCUT2D eigenvalue weighted by atomic mass is 16.6. The Morgan fingerprint density at radius 2 is 1.33 bits per heavy atom. The number of nitrogens with one attached hydrogen (secondary N) is 1. The molecule has 0 bridgehead atoms. The first-order valence-corrected chi connectivity index (χ1v) is 19.8. The fourth-order valence-corrected chi connectivity index (χ4v) is 7.27. The van der Waals surface area contributed by atoms with Crippen molar-refractivity contribution in [3.05, 3.63) is 154 Å². The molecule has 4 atom stereocenters.